The molecule has 0 aliphatic carbocycles. The first-order valence-electron chi connectivity index (χ1n) is 5.72. The van der Waals surface area contributed by atoms with Gasteiger partial charge in [-0.2, -0.15) is 0 Å². The quantitative estimate of drug-likeness (QED) is 0.676. The van der Waals surface area contributed by atoms with Crippen molar-refractivity contribution in [1.29, 1.82) is 0 Å². The lowest BCUT2D eigenvalue weighted by Gasteiger charge is -2.22. The molecule has 5 heteroatoms. The summed E-state index contributed by atoms with van der Waals surface area (Å²) in [5, 5.41) is 5.76. The molecular formula is C11H21N3O2. The third-order valence-corrected chi connectivity index (χ3v) is 3.16. The van der Waals surface area contributed by atoms with Gasteiger partial charge in [-0.05, 0) is 12.5 Å². The molecule has 1 saturated heterocycles. The highest BCUT2D eigenvalue weighted by Crippen LogP contribution is 2.17. The maximum absolute atomic E-state index is 12.0. The molecule has 0 aromatic rings. The first kappa shape index (κ1) is 13.0. The molecular weight excluding hydrogens is 206 g/mol. The van der Waals surface area contributed by atoms with Crippen LogP contribution in [-0.4, -0.2) is 50.4 Å². The average Bonchev–Trinajstić information content (AvgIpc) is 2.70. The summed E-state index contributed by atoms with van der Waals surface area (Å²) in [6, 6.07) is 0. The van der Waals surface area contributed by atoms with E-state index in [0.717, 1.165) is 13.1 Å². The van der Waals surface area contributed by atoms with Gasteiger partial charge in [0, 0.05) is 33.6 Å². The Bertz CT molecular complexity index is 268. The molecule has 1 fully saturated rings. The summed E-state index contributed by atoms with van der Waals surface area (Å²) in [5.41, 5.74) is 0. The van der Waals surface area contributed by atoms with Crippen molar-refractivity contribution in [3.63, 3.8) is 0 Å². The topological polar surface area (TPSA) is 61.4 Å². The van der Waals surface area contributed by atoms with Crippen LogP contribution in [-0.2, 0) is 9.59 Å². The zero-order chi connectivity index (χ0) is 12.1. The molecule has 0 bridgehead atoms. The summed E-state index contributed by atoms with van der Waals surface area (Å²) < 4.78 is 0. The fourth-order valence-corrected chi connectivity index (χ4v) is 1.93. The molecule has 2 atom stereocenters. The van der Waals surface area contributed by atoms with Crippen molar-refractivity contribution < 1.29 is 9.59 Å². The van der Waals surface area contributed by atoms with Gasteiger partial charge in [-0.15, -0.1) is 0 Å². The van der Waals surface area contributed by atoms with Crippen LogP contribution in [0, 0.1) is 11.8 Å². The smallest absolute Gasteiger partial charge is 0.227 e. The Morgan fingerprint density at radius 1 is 1.44 bits per heavy atom. The van der Waals surface area contributed by atoms with E-state index in [9.17, 15) is 9.59 Å². The normalized spacial score (nSPS) is 24.2. The Morgan fingerprint density at radius 3 is 2.62 bits per heavy atom. The lowest BCUT2D eigenvalue weighted by Crippen LogP contribution is -2.38. The van der Waals surface area contributed by atoms with Crippen LogP contribution >= 0.6 is 0 Å². The van der Waals surface area contributed by atoms with Crippen molar-refractivity contribution >= 4 is 11.8 Å². The molecule has 1 aliphatic heterocycles. The first-order chi connectivity index (χ1) is 7.56. The highest BCUT2D eigenvalue weighted by Gasteiger charge is 2.31. The monoisotopic (exact) mass is 227 g/mol. The SMILES string of the molecule is CNC(=O)CCN(C)C(=O)[C@@H]1CNC[C@H]1C. The molecule has 0 radical (unpaired) electrons. The Hall–Kier alpha value is -1.10. The van der Waals surface area contributed by atoms with E-state index in [2.05, 4.69) is 17.6 Å². The third kappa shape index (κ3) is 3.20. The van der Waals surface area contributed by atoms with Gasteiger partial charge in [0.05, 0.1) is 5.92 Å². The van der Waals surface area contributed by atoms with Crippen LogP contribution in [0.5, 0.6) is 0 Å². The zero-order valence-electron chi connectivity index (χ0n) is 10.2. The molecule has 0 aromatic carbocycles. The van der Waals surface area contributed by atoms with E-state index in [1.54, 1.807) is 19.0 Å². The van der Waals surface area contributed by atoms with Gasteiger partial charge in [0.1, 0.15) is 0 Å². The van der Waals surface area contributed by atoms with Gasteiger partial charge in [-0.25, -0.2) is 0 Å². The third-order valence-electron chi connectivity index (χ3n) is 3.16. The Balaban J connectivity index is 2.38. The van der Waals surface area contributed by atoms with E-state index in [1.165, 1.54) is 0 Å². The largest absolute Gasteiger partial charge is 0.359 e. The summed E-state index contributed by atoms with van der Waals surface area (Å²) in [4.78, 5) is 24.7. The Labute approximate surface area is 96.6 Å². The van der Waals surface area contributed by atoms with E-state index in [1.807, 2.05) is 0 Å². The van der Waals surface area contributed by atoms with Crippen LogP contribution in [0.4, 0.5) is 0 Å². The van der Waals surface area contributed by atoms with Gasteiger partial charge in [-0.3, -0.25) is 9.59 Å². The predicted molar refractivity (Wildman–Crippen MR) is 61.8 cm³/mol. The van der Waals surface area contributed by atoms with Gasteiger partial charge < -0.3 is 15.5 Å². The minimum atomic E-state index is -0.0303. The molecule has 2 amide bonds. The summed E-state index contributed by atoms with van der Waals surface area (Å²) in [6.45, 7) is 4.22. The molecule has 16 heavy (non-hydrogen) atoms. The second kappa shape index (κ2) is 5.84. The summed E-state index contributed by atoms with van der Waals surface area (Å²) in [7, 11) is 3.36. The predicted octanol–water partition coefficient (Wildman–Crippen LogP) is -0.564. The number of hydrogen-bond acceptors (Lipinski definition) is 3. The fourth-order valence-electron chi connectivity index (χ4n) is 1.93. The van der Waals surface area contributed by atoms with Gasteiger partial charge in [0.25, 0.3) is 0 Å². The number of nitrogens with one attached hydrogen (secondary N) is 2. The van der Waals surface area contributed by atoms with Crippen molar-refractivity contribution in [3.8, 4) is 0 Å². The van der Waals surface area contributed by atoms with E-state index in [0.29, 0.717) is 18.9 Å². The first-order valence-corrected chi connectivity index (χ1v) is 5.72. The number of amides is 2. The number of carbonyl (C=O) groups excluding carboxylic acids is 2. The number of carbonyl (C=O) groups is 2. The standard InChI is InChI=1S/C11H21N3O2/c1-8-6-13-7-9(8)11(16)14(3)5-4-10(15)12-2/h8-9,13H,4-7H2,1-3H3,(H,12,15)/t8-,9-/m1/s1. The molecule has 2 N–H and O–H groups in total. The zero-order valence-corrected chi connectivity index (χ0v) is 10.2. The highest BCUT2D eigenvalue weighted by atomic mass is 16.2. The van der Waals surface area contributed by atoms with Gasteiger partial charge in [0.15, 0.2) is 0 Å². The van der Waals surface area contributed by atoms with E-state index < -0.39 is 0 Å². The molecule has 0 saturated carbocycles. The van der Waals surface area contributed by atoms with Gasteiger partial charge in [0.2, 0.25) is 11.8 Å². The minimum absolute atomic E-state index is 0.0303. The number of nitrogens with zero attached hydrogens (tertiary/aromatic N) is 1. The van der Waals surface area contributed by atoms with Crippen molar-refractivity contribution in [3.05, 3.63) is 0 Å². The van der Waals surface area contributed by atoms with Crippen LogP contribution in [0.25, 0.3) is 0 Å². The van der Waals surface area contributed by atoms with Crippen molar-refractivity contribution in [2.45, 2.75) is 13.3 Å². The van der Waals surface area contributed by atoms with Crippen LogP contribution in [0.2, 0.25) is 0 Å². The summed E-state index contributed by atoms with van der Waals surface area (Å²) >= 11 is 0. The molecule has 1 rings (SSSR count). The lowest BCUT2D eigenvalue weighted by atomic mass is 9.97. The van der Waals surface area contributed by atoms with E-state index in [-0.39, 0.29) is 17.7 Å². The second-order valence-electron chi connectivity index (χ2n) is 4.42. The molecule has 0 aromatic heterocycles. The molecule has 92 valence electrons. The van der Waals surface area contributed by atoms with Crippen molar-refractivity contribution in [2.24, 2.45) is 11.8 Å². The fraction of sp³-hybridized carbons (Fsp3) is 0.818. The highest BCUT2D eigenvalue weighted by molar-refractivity contribution is 5.81. The second-order valence-corrected chi connectivity index (χ2v) is 4.42. The molecule has 0 unspecified atom stereocenters. The number of hydrogen-bond donors (Lipinski definition) is 2. The Kier molecular flexibility index (Phi) is 4.73. The Morgan fingerprint density at radius 2 is 2.12 bits per heavy atom. The maximum atomic E-state index is 12.0. The summed E-state index contributed by atoms with van der Waals surface area (Å²) in [6.07, 6.45) is 0.368. The summed E-state index contributed by atoms with van der Waals surface area (Å²) in [5.74, 6) is 0.559. The lowest BCUT2D eigenvalue weighted by molar-refractivity contribution is -0.135. The van der Waals surface area contributed by atoms with Crippen LogP contribution < -0.4 is 10.6 Å². The van der Waals surface area contributed by atoms with E-state index in [4.69, 9.17) is 0 Å². The van der Waals surface area contributed by atoms with Gasteiger partial charge in [-0.1, -0.05) is 6.92 Å². The molecule has 0 spiro atoms. The molecule has 1 aliphatic rings. The van der Waals surface area contributed by atoms with E-state index >= 15 is 0 Å². The van der Waals surface area contributed by atoms with Gasteiger partial charge >= 0.3 is 0 Å². The van der Waals surface area contributed by atoms with Crippen LogP contribution in [0.15, 0.2) is 0 Å². The van der Waals surface area contributed by atoms with Crippen molar-refractivity contribution in [2.75, 3.05) is 33.7 Å². The van der Waals surface area contributed by atoms with Crippen molar-refractivity contribution in [1.82, 2.24) is 15.5 Å². The maximum Gasteiger partial charge on any atom is 0.227 e. The van der Waals surface area contributed by atoms with Crippen LogP contribution in [0.3, 0.4) is 0 Å². The molecule has 1 heterocycles. The van der Waals surface area contributed by atoms with Crippen LogP contribution in [0.1, 0.15) is 13.3 Å². The minimum Gasteiger partial charge on any atom is -0.359 e. The average molecular weight is 227 g/mol. The molecule has 5 nitrogen and oxygen atoms in total. The number of rotatable bonds is 4.